The summed E-state index contributed by atoms with van der Waals surface area (Å²) in [7, 11) is 0. The van der Waals surface area contributed by atoms with E-state index >= 15 is 0 Å². The van der Waals surface area contributed by atoms with Crippen LogP contribution in [0, 0.1) is 0 Å². The lowest BCUT2D eigenvalue weighted by Gasteiger charge is -2.15. The van der Waals surface area contributed by atoms with Crippen molar-refractivity contribution in [3.8, 4) is 0 Å². The van der Waals surface area contributed by atoms with Crippen molar-refractivity contribution in [2.24, 2.45) is 0 Å². The van der Waals surface area contributed by atoms with Gasteiger partial charge in [-0.3, -0.25) is 9.59 Å². The molecule has 0 aliphatic heterocycles. The van der Waals surface area contributed by atoms with Crippen LogP contribution in [0.2, 0.25) is 0 Å². The Morgan fingerprint density at radius 1 is 0.453 bits per heavy atom. The smallest absolute Gasteiger partial charge is 0.306 e. The number of esters is 2. The van der Waals surface area contributed by atoms with Crippen molar-refractivity contribution in [2.75, 3.05) is 13.2 Å². The second-order valence-electron chi connectivity index (χ2n) is 14.8. The number of carbonyl (C=O) groups excluding carboxylic acids is 2. The monoisotopic (exact) mass is 741 g/mol. The zero-order valence-corrected chi connectivity index (χ0v) is 34.8. The molecule has 1 atom stereocenters. The first-order chi connectivity index (χ1) is 26.1. The molecule has 0 spiro atoms. The Kier molecular flexibility index (Phi) is 42.0. The van der Waals surface area contributed by atoms with E-state index in [0.717, 1.165) is 70.6 Å². The summed E-state index contributed by atoms with van der Waals surface area (Å²) < 4.78 is 10.6. The van der Waals surface area contributed by atoms with Crippen molar-refractivity contribution in [3.05, 3.63) is 60.8 Å². The fourth-order valence-electron chi connectivity index (χ4n) is 6.23. The molecular formula is C48H84O5. The third-order valence-electron chi connectivity index (χ3n) is 9.58. The summed E-state index contributed by atoms with van der Waals surface area (Å²) in [6.07, 6.45) is 57.5. The van der Waals surface area contributed by atoms with Gasteiger partial charge in [0.2, 0.25) is 0 Å². The topological polar surface area (TPSA) is 72.8 Å². The van der Waals surface area contributed by atoms with Gasteiger partial charge in [0.05, 0.1) is 6.61 Å². The van der Waals surface area contributed by atoms with Crippen LogP contribution < -0.4 is 0 Å². The van der Waals surface area contributed by atoms with Gasteiger partial charge >= 0.3 is 11.9 Å². The fraction of sp³-hybridized carbons (Fsp3) is 0.750. The molecule has 0 bridgehead atoms. The van der Waals surface area contributed by atoms with Gasteiger partial charge < -0.3 is 14.6 Å². The van der Waals surface area contributed by atoms with Gasteiger partial charge in [0.15, 0.2) is 6.10 Å². The highest BCUT2D eigenvalue weighted by Gasteiger charge is 2.16. The minimum atomic E-state index is -0.768. The average molecular weight is 741 g/mol. The molecule has 0 aromatic carbocycles. The van der Waals surface area contributed by atoms with Crippen LogP contribution >= 0.6 is 0 Å². The number of aliphatic hydroxyl groups excluding tert-OH is 1. The van der Waals surface area contributed by atoms with Crippen LogP contribution in [0.25, 0.3) is 0 Å². The normalized spacial score (nSPS) is 12.7. The van der Waals surface area contributed by atoms with E-state index in [1.807, 2.05) is 0 Å². The predicted molar refractivity (Wildman–Crippen MR) is 228 cm³/mol. The maximum Gasteiger partial charge on any atom is 0.306 e. The molecule has 0 aromatic rings. The average Bonchev–Trinajstić information content (AvgIpc) is 3.16. The summed E-state index contributed by atoms with van der Waals surface area (Å²) in [5.41, 5.74) is 0. The van der Waals surface area contributed by atoms with E-state index in [-0.39, 0.29) is 25.2 Å². The number of hydrogen-bond donors (Lipinski definition) is 1. The van der Waals surface area contributed by atoms with Crippen molar-refractivity contribution in [3.63, 3.8) is 0 Å². The molecule has 306 valence electrons. The third-order valence-corrected chi connectivity index (χ3v) is 9.58. The minimum absolute atomic E-state index is 0.0644. The maximum absolute atomic E-state index is 12.2. The Balaban J connectivity index is 3.46. The van der Waals surface area contributed by atoms with E-state index in [0.29, 0.717) is 12.8 Å². The number of ether oxygens (including phenoxy) is 2. The van der Waals surface area contributed by atoms with Crippen molar-refractivity contribution in [1.82, 2.24) is 0 Å². The zero-order chi connectivity index (χ0) is 38.6. The lowest BCUT2D eigenvalue weighted by Crippen LogP contribution is -2.28. The van der Waals surface area contributed by atoms with Gasteiger partial charge in [-0.05, 0) is 57.8 Å². The number of allylic oxidation sites excluding steroid dienone is 10. The molecule has 0 heterocycles. The quantitative estimate of drug-likeness (QED) is 0.0385. The molecule has 0 aliphatic carbocycles. The molecular weight excluding hydrogens is 657 g/mol. The molecule has 53 heavy (non-hydrogen) atoms. The second-order valence-corrected chi connectivity index (χ2v) is 14.8. The Morgan fingerprint density at radius 3 is 1.23 bits per heavy atom. The SMILES string of the molecule is CC/C=C\C/C=C\C/C=C\C/C=C\C/C=C\CCCCCCCCCCCCCCCCCC(=O)OC(CO)COC(=O)CCCCCCCCCC. The van der Waals surface area contributed by atoms with Crippen LogP contribution in [-0.2, 0) is 19.1 Å². The van der Waals surface area contributed by atoms with Crippen molar-refractivity contribution < 1.29 is 24.2 Å². The maximum atomic E-state index is 12.2. The van der Waals surface area contributed by atoms with Crippen LogP contribution in [0.3, 0.4) is 0 Å². The standard InChI is InChI=1S/C48H84O5/c1-3-5-7-9-11-13-14-15-16-17-18-19-20-21-22-23-24-25-26-27-28-29-30-31-32-33-34-35-37-39-41-43-48(51)53-46(44-49)45-52-47(50)42-40-38-36-12-10-8-6-4-2/h5,7,11,13,15-16,18-19,21-22,46,49H,3-4,6,8-10,12,14,17,20,23-45H2,1-2H3/b7-5-,13-11-,16-15-,19-18-,22-21-. The zero-order valence-electron chi connectivity index (χ0n) is 34.8. The molecule has 0 saturated carbocycles. The lowest BCUT2D eigenvalue weighted by molar-refractivity contribution is -0.161. The summed E-state index contributed by atoms with van der Waals surface area (Å²) in [6.45, 7) is 3.99. The van der Waals surface area contributed by atoms with Gasteiger partial charge in [0.1, 0.15) is 6.61 Å². The van der Waals surface area contributed by atoms with E-state index in [9.17, 15) is 14.7 Å². The van der Waals surface area contributed by atoms with Gasteiger partial charge in [-0.15, -0.1) is 0 Å². The lowest BCUT2D eigenvalue weighted by atomic mass is 10.0. The molecule has 0 rings (SSSR count). The van der Waals surface area contributed by atoms with Crippen LogP contribution in [-0.4, -0.2) is 36.4 Å². The molecule has 5 nitrogen and oxygen atoms in total. The Labute approximate surface area is 328 Å². The second kappa shape index (κ2) is 44.0. The summed E-state index contributed by atoms with van der Waals surface area (Å²) >= 11 is 0. The van der Waals surface area contributed by atoms with E-state index in [4.69, 9.17) is 9.47 Å². The van der Waals surface area contributed by atoms with Crippen LogP contribution in [0.15, 0.2) is 60.8 Å². The van der Waals surface area contributed by atoms with Crippen LogP contribution in [0.5, 0.6) is 0 Å². The number of hydrogen-bond acceptors (Lipinski definition) is 5. The summed E-state index contributed by atoms with van der Waals surface area (Å²) in [5, 5.41) is 9.54. The highest BCUT2D eigenvalue weighted by atomic mass is 16.6. The van der Waals surface area contributed by atoms with Gasteiger partial charge in [-0.1, -0.05) is 203 Å². The first-order valence-electron chi connectivity index (χ1n) is 22.3. The van der Waals surface area contributed by atoms with Crippen LogP contribution in [0.4, 0.5) is 0 Å². The van der Waals surface area contributed by atoms with Gasteiger partial charge in [0, 0.05) is 12.8 Å². The highest BCUT2D eigenvalue weighted by molar-refractivity contribution is 5.70. The van der Waals surface area contributed by atoms with E-state index < -0.39 is 6.10 Å². The first-order valence-corrected chi connectivity index (χ1v) is 22.3. The first kappa shape index (κ1) is 50.6. The molecule has 1 unspecified atom stereocenters. The Bertz CT molecular complexity index is 930. The van der Waals surface area contributed by atoms with Crippen molar-refractivity contribution >= 4 is 11.9 Å². The van der Waals surface area contributed by atoms with Gasteiger partial charge in [-0.2, -0.15) is 0 Å². The van der Waals surface area contributed by atoms with E-state index in [1.54, 1.807) is 0 Å². The molecule has 5 heteroatoms. The molecule has 0 amide bonds. The number of aliphatic hydroxyl groups is 1. The van der Waals surface area contributed by atoms with E-state index in [2.05, 4.69) is 74.6 Å². The summed E-state index contributed by atoms with van der Waals surface area (Å²) in [6, 6.07) is 0. The molecule has 0 aromatic heterocycles. The van der Waals surface area contributed by atoms with Gasteiger partial charge in [0.25, 0.3) is 0 Å². The molecule has 0 radical (unpaired) electrons. The number of unbranched alkanes of at least 4 members (excludes halogenated alkanes) is 22. The number of carbonyl (C=O) groups is 2. The summed E-state index contributed by atoms with van der Waals surface area (Å²) in [4.78, 5) is 24.2. The largest absolute Gasteiger partial charge is 0.462 e. The van der Waals surface area contributed by atoms with Crippen molar-refractivity contribution in [2.45, 2.75) is 219 Å². The van der Waals surface area contributed by atoms with E-state index in [1.165, 1.54) is 116 Å². The summed E-state index contributed by atoms with van der Waals surface area (Å²) in [5.74, 6) is -0.593. The Morgan fingerprint density at radius 2 is 0.811 bits per heavy atom. The highest BCUT2D eigenvalue weighted by Crippen LogP contribution is 2.15. The molecule has 0 saturated heterocycles. The van der Waals surface area contributed by atoms with Crippen molar-refractivity contribution in [1.29, 1.82) is 0 Å². The Hall–Kier alpha value is -2.40. The molecule has 0 aliphatic rings. The fourth-order valence-corrected chi connectivity index (χ4v) is 6.23. The van der Waals surface area contributed by atoms with Crippen LogP contribution in [0.1, 0.15) is 213 Å². The molecule has 1 N–H and O–H groups in total. The predicted octanol–water partition coefficient (Wildman–Crippen LogP) is 14.3. The molecule has 0 fully saturated rings. The minimum Gasteiger partial charge on any atom is -0.462 e. The van der Waals surface area contributed by atoms with Gasteiger partial charge in [-0.25, -0.2) is 0 Å². The number of rotatable bonds is 40. The third kappa shape index (κ3) is 42.2.